The van der Waals surface area contributed by atoms with Gasteiger partial charge in [-0.3, -0.25) is 0 Å². The molecule has 2 aromatic rings. The minimum Gasteiger partial charge on any atom is -0.456 e. The van der Waals surface area contributed by atoms with Crippen LogP contribution in [0.2, 0.25) is 4.34 Å². The first kappa shape index (κ1) is 12.9. The SMILES string of the molecule is Cc1cc(N)cc(C(=O)OCc2ccc(Cl)s2)c1. The lowest BCUT2D eigenvalue weighted by Gasteiger charge is -2.05. The van der Waals surface area contributed by atoms with Crippen LogP contribution in [0.25, 0.3) is 0 Å². The van der Waals surface area contributed by atoms with Gasteiger partial charge in [-0.2, -0.15) is 0 Å². The third-order valence-electron chi connectivity index (χ3n) is 2.31. The van der Waals surface area contributed by atoms with Crippen molar-refractivity contribution in [2.45, 2.75) is 13.5 Å². The van der Waals surface area contributed by atoms with E-state index >= 15 is 0 Å². The van der Waals surface area contributed by atoms with Crippen LogP contribution in [0, 0.1) is 6.92 Å². The van der Waals surface area contributed by atoms with Crippen molar-refractivity contribution >= 4 is 34.6 Å². The number of ether oxygens (including phenoxy) is 1. The average Bonchev–Trinajstić information content (AvgIpc) is 2.70. The summed E-state index contributed by atoms with van der Waals surface area (Å²) < 4.78 is 5.88. The predicted octanol–water partition coefficient (Wildman–Crippen LogP) is 3.65. The molecule has 0 aliphatic rings. The number of rotatable bonds is 3. The Kier molecular flexibility index (Phi) is 3.89. The molecule has 0 bridgehead atoms. The van der Waals surface area contributed by atoms with Gasteiger partial charge in [-0.05, 0) is 42.8 Å². The van der Waals surface area contributed by atoms with Crippen molar-refractivity contribution in [1.29, 1.82) is 0 Å². The molecule has 0 atom stereocenters. The fourth-order valence-electron chi connectivity index (χ4n) is 1.58. The lowest BCUT2D eigenvalue weighted by atomic mass is 10.1. The maximum absolute atomic E-state index is 11.8. The van der Waals surface area contributed by atoms with Crippen LogP contribution < -0.4 is 5.73 Å². The maximum Gasteiger partial charge on any atom is 0.338 e. The average molecular weight is 282 g/mol. The van der Waals surface area contributed by atoms with E-state index in [4.69, 9.17) is 22.1 Å². The number of nitrogens with two attached hydrogens (primary N) is 1. The Morgan fingerprint density at radius 3 is 2.78 bits per heavy atom. The third-order valence-corrected chi connectivity index (χ3v) is 3.51. The van der Waals surface area contributed by atoms with Gasteiger partial charge >= 0.3 is 5.97 Å². The molecule has 1 heterocycles. The van der Waals surface area contributed by atoms with Gasteiger partial charge in [0.05, 0.1) is 9.90 Å². The van der Waals surface area contributed by atoms with E-state index in [2.05, 4.69) is 0 Å². The van der Waals surface area contributed by atoms with Crippen LogP contribution in [0.1, 0.15) is 20.8 Å². The second kappa shape index (κ2) is 5.42. The van der Waals surface area contributed by atoms with Gasteiger partial charge in [0, 0.05) is 10.6 Å². The van der Waals surface area contributed by atoms with Crippen LogP contribution in [-0.4, -0.2) is 5.97 Å². The molecule has 0 aliphatic heterocycles. The zero-order valence-corrected chi connectivity index (χ0v) is 11.3. The molecule has 0 fully saturated rings. The van der Waals surface area contributed by atoms with Crippen LogP contribution in [0.4, 0.5) is 5.69 Å². The number of hydrogen-bond acceptors (Lipinski definition) is 4. The molecular weight excluding hydrogens is 270 g/mol. The highest BCUT2D eigenvalue weighted by molar-refractivity contribution is 7.16. The molecule has 2 N–H and O–H groups in total. The van der Waals surface area contributed by atoms with E-state index in [9.17, 15) is 4.79 Å². The quantitative estimate of drug-likeness (QED) is 0.690. The highest BCUT2D eigenvalue weighted by Gasteiger charge is 2.09. The van der Waals surface area contributed by atoms with Gasteiger partial charge in [-0.15, -0.1) is 11.3 Å². The summed E-state index contributed by atoms with van der Waals surface area (Å²) in [5.74, 6) is -0.380. The Labute approximate surface area is 114 Å². The van der Waals surface area contributed by atoms with Crippen molar-refractivity contribution < 1.29 is 9.53 Å². The van der Waals surface area contributed by atoms with Crippen LogP contribution in [0.3, 0.4) is 0 Å². The lowest BCUT2D eigenvalue weighted by Crippen LogP contribution is -2.05. The number of aryl methyl sites for hydroxylation is 1. The van der Waals surface area contributed by atoms with Crippen molar-refractivity contribution in [2.75, 3.05) is 5.73 Å². The number of esters is 1. The van der Waals surface area contributed by atoms with Crippen molar-refractivity contribution in [3.8, 4) is 0 Å². The normalized spacial score (nSPS) is 10.3. The molecule has 94 valence electrons. The first-order chi connectivity index (χ1) is 8.54. The summed E-state index contributed by atoms with van der Waals surface area (Å²) in [6, 6.07) is 8.78. The highest BCUT2D eigenvalue weighted by atomic mass is 35.5. The smallest absolute Gasteiger partial charge is 0.338 e. The second-order valence-electron chi connectivity index (χ2n) is 3.91. The third kappa shape index (κ3) is 3.24. The van der Waals surface area contributed by atoms with E-state index < -0.39 is 0 Å². The molecular formula is C13H12ClNO2S. The molecule has 0 saturated heterocycles. The Bertz CT molecular complexity index is 560. The summed E-state index contributed by atoms with van der Waals surface area (Å²) in [5, 5.41) is 0. The first-order valence-electron chi connectivity index (χ1n) is 5.33. The number of halogens is 1. The highest BCUT2D eigenvalue weighted by Crippen LogP contribution is 2.22. The van der Waals surface area contributed by atoms with E-state index in [0.29, 0.717) is 15.6 Å². The fourth-order valence-corrected chi connectivity index (χ4v) is 2.58. The summed E-state index contributed by atoms with van der Waals surface area (Å²) in [4.78, 5) is 12.7. The molecule has 1 aromatic heterocycles. The molecule has 1 aromatic carbocycles. The van der Waals surface area contributed by atoms with Crippen molar-refractivity contribution in [1.82, 2.24) is 0 Å². The maximum atomic E-state index is 11.8. The number of anilines is 1. The minimum absolute atomic E-state index is 0.226. The van der Waals surface area contributed by atoms with Gasteiger partial charge in [0.2, 0.25) is 0 Å². The van der Waals surface area contributed by atoms with E-state index in [1.807, 2.05) is 13.0 Å². The Hall–Kier alpha value is -1.52. The number of carbonyl (C=O) groups is 1. The van der Waals surface area contributed by atoms with Gasteiger partial charge in [-0.25, -0.2) is 4.79 Å². The molecule has 0 aliphatic carbocycles. The Balaban J connectivity index is 2.03. The van der Waals surface area contributed by atoms with E-state index in [1.54, 1.807) is 24.3 Å². The molecule has 0 amide bonds. The number of nitrogen functional groups attached to an aromatic ring is 1. The topological polar surface area (TPSA) is 52.3 Å². The number of benzene rings is 1. The number of carbonyl (C=O) groups excluding carboxylic acids is 1. The molecule has 0 unspecified atom stereocenters. The standard InChI is InChI=1S/C13H12ClNO2S/c1-8-4-9(6-10(15)5-8)13(16)17-7-11-2-3-12(14)18-11/h2-6H,7,15H2,1H3. The Morgan fingerprint density at radius 2 is 2.17 bits per heavy atom. The van der Waals surface area contributed by atoms with Crippen LogP contribution in [0.15, 0.2) is 30.3 Å². The minimum atomic E-state index is -0.380. The largest absolute Gasteiger partial charge is 0.456 e. The number of hydrogen-bond donors (Lipinski definition) is 1. The van der Waals surface area contributed by atoms with Gasteiger partial charge in [0.25, 0.3) is 0 Å². The van der Waals surface area contributed by atoms with Crippen molar-refractivity contribution in [3.05, 3.63) is 50.7 Å². The second-order valence-corrected chi connectivity index (χ2v) is 5.71. The summed E-state index contributed by atoms with van der Waals surface area (Å²) in [6.45, 7) is 2.11. The van der Waals surface area contributed by atoms with E-state index in [1.165, 1.54) is 11.3 Å². The van der Waals surface area contributed by atoms with E-state index in [-0.39, 0.29) is 12.6 Å². The summed E-state index contributed by atoms with van der Waals surface area (Å²) in [6.07, 6.45) is 0. The van der Waals surface area contributed by atoms with Gasteiger partial charge in [0.15, 0.2) is 0 Å². The van der Waals surface area contributed by atoms with Gasteiger partial charge in [0.1, 0.15) is 6.61 Å². The zero-order valence-electron chi connectivity index (χ0n) is 9.77. The summed E-state index contributed by atoms with van der Waals surface area (Å²) in [7, 11) is 0. The van der Waals surface area contributed by atoms with Gasteiger partial charge in [-0.1, -0.05) is 11.6 Å². The van der Waals surface area contributed by atoms with Crippen molar-refractivity contribution in [2.24, 2.45) is 0 Å². The first-order valence-corrected chi connectivity index (χ1v) is 6.52. The summed E-state index contributed by atoms with van der Waals surface area (Å²) >= 11 is 7.19. The van der Waals surface area contributed by atoms with Crippen molar-refractivity contribution in [3.63, 3.8) is 0 Å². The van der Waals surface area contributed by atoms with E-state index in [0.717, 1.165) is 10.4 Å². The van der Waals surface area contributed by atoms with Crippen LogP contribution in [-0.2, 0) is 11.3 Å². The molecule has 0 spiro atoms. The molecule has 5 heteroatoms. The Morgan fingerprint density at radius 1 is 1.39 bits per heavy atom. The van der Waals surface area contributed by atoms with Crippen LogP contribution >= 0.6 is 22.9 Å². The number of thiophene rings is 1. The van der Waals surface area contributed by atoms with Crippen LogP contribution in [0.5, 0.6) is 0 Å². The fraction of sp³-hybridized carbons (Fsp3) is 0.154. The predicted molar refractivity (Wildman–Crippen MR) is 74.0 cm³/mol. The summed E-state index contributed by atoms with van der Waals surface area (Å²) in [5.41, 5.74) is 7.64. The zero-order chi connectivity index (χ0) is 13.1. The molecule has 0 saturated carbocycles. The monoisotopic (exact) mass is 281 g/mol. The lowest BCUT2D eigenvalue weighted by molar-refractivity contribution is 0.0477. The molecule has 0 radical (unpaired) electrons. The van der Waals surface area contributed by atoms with Gasteiger partial charge < -0.3 is 10.5 Å². The molecule has 2 rings (SSSR count). The molecule has 3 nitrogen and oxygen atoms in total. The molecule has 18 heavy (non-hydrogen) atoms.